The number of anilines is 1. The maximum absolute atomic E-state index is 12.3. The maximum atomic E-state index is 12.3. The lowest BCUT2D eigenvalue weighted by Crippen LogP contribution is -2.39. The third-order valence-corrected chi connectivity index (χ3v) is 3.93. The highest BCUT2D eigenvalue weighted by Gasteiger charge is 2.17. The molecule has 0 saturated heterocycles. The normalized spacial score (nSPS) is 11.3. The Labute approximate surface area is 161 Å². The topological polar surface area (TPSA) is 144 Å². The number of hydrogen-bond acceptors (Lipinski definition) is 5. The predicted molar refractivity (Wildman–Crippen MR) is 102 cm³/mol. The lowest BCUT2D eigenvalue weighted by atomic mass is 10.0. The average molecular weight is 386 g/mol. The zero-order valence-electron chi connectivity index (χ0n) is 15.3. The summed E-state index contributed by atoms with van der Waals surface area (Å²) in [7, 11) is 1.35. The summed E-state index contributed by atoms with van der Waals surface area (Å²) < 4.78 is 4.96. The summed E-state index contributed by atoms with van der Waals surface area (Å²) in [5.41, 5.74) is 6.54. The van der Waals surface area contributed by atoms with Crippen LogP contribution in [0.1, 0.15) is 28.8 Å². The van der Waals surface area contributed by atoms with E-state index < -0.39 is 17.9 Å². The number of methoxy groups -OCH3 is 1. The number of carbonyl (C=O) groups is 3. The van der Waals surface area contributed by atoms with Crippen molar-refractivity contribution in [2.24, 2.45) is 5.73 Å². The van der Waals surface area contributed by atoms with E-state index >= 15 is 0 Å². The van der Waals surface area contributed by atoms with Gasteiger partial charge in [-0.3, -0.25) is 9.59 Å². The molecule has 2 aromatic rings. The third-order valence-electron chi connectivity index (χ3n) is 3.93. The molecular formula is C19H22N4O5. The summed E-state index contributed by atoms with van der Waals surface area (Å²) in [4.78, 5) is 38.7. The molecule has 0 saturated carbocycles. The molecule has 0 radical (unpaired) electrons. The number of primary amides is 1. The number of nitrogens with two attached hydrogens (primary N) is 1. The van der Waals surface area contributed by atoms with Gasteiger partial charge in [0.15, 0.2) is 0 Å². The van der Waals surface area contributed by atoms with Gasteiger partial charge in [-0.1, -0.05) is 30.3 Å². The van der Waals surface area contributed by atoms with Crippen LogP contribution in [0, 0.1) is 0 Å². The molecule has 2 rings (SSSR count). The van der Waals surface area contributed by atoms with E-state index in [0.29, 0.717) is 6.42 Å². The van der Waals surface area contributed by atoms with Crippen LogP contribution in [0.3, 0.4) is 0 Å². The number of rotatable bonds is 9. The number of amides is 3. The molecule has 148 valence electrons. The van der Waals surface area contributed by atoms with E-state index in [1.165, 1.54) is 19.4 Å². The molecule has 1 aromatic carbocycles. The summed E-state index contributed by atoms with van der Waals surface area (Å²) in [6.45, 7) is 0. The molecule has 5 N–H and O–H groups in total. The molecule has 28 heavy (non-hydrogen) atoms. The first-order valence-corrected chi connectivity index (χ1v) is 8.56. The number of carboxylic acids is 1. The molecule has 0 bridgehead atoms. The van der Waals surface area contributed by atoms with Crippen molar-refractivity contribution in [3.63, 3.8) is 0 Å². The average Bonchev–Trinajstić information content (AvgIpc) is 2.66. The zero-order valence-corrected chi connectivity index (χ0v) is 15.3. The van der Waals surface area contributed by atoms with E-state index in [1.54, 1.807) is 0 Å². The van der Waals surface area contributed by atoms with Gasteiger partial charge in [-0.2, -0.15) is 0 Å². The van der Waals surface area contributed by atoms with Crippen LogP contribution in [-0.2, 0) is 11.2 Å². The number of pyridine rings is 1. The Hall–Kier alpha value is -3.62. The number of urea groups is 1. The molecule has 0 spiro atoms. The van der Waals surface area contributed by atoms with E-state index in [4.69, 9.17) is 15.6 Å². The fraction of sp³-hybridized carbons (Fsp3) is 0.263. The molecule has 9 nitrogen and oxygen atoms in total. The van der Waals surface area contributed by atoms with E-state index in [-0.39, 0.29) is 36.0 Å². The summed E-state index contributed by atoms with van der Waals surface area (Å²) in [5.74, 6) is -1.62. The minimum Gasteiger partial charge on any atom is -0.481 e. The predicted octanol–water partition coefficient (Wildman–Crippen LogP) is 1.79. The summed E-state index contributed by atoms with van der Waals surface area (Å²) in [5, 5.41) is 14.3. The number of aliphatic carboxylic acids is 1. The van der Waals surface area contributed by atoms with E-state index in [1.807, 2.05) is 30.3 Å². The van der Waals surface area contributed by atoms with Gasteiger partial charge < -0.3 is 26.2 Å². The quantitative estimate of drug-likeness (QED) is 0.517. The first kappa shape index (κ1) is 20.7. The van der Waals surface area contributed by atoms with Crippen LogP contribution < -0.4 is 21.1 Å². The number of hydrogen-bond donors (Lipinski definition) is 4. The van der Waals surface area contributed by atoms with Crippen molar-refractivity contribution in [2.75, 3.05) is 12.4 Å². The zero-order chi connectivity index (χ0) is 20.5. The Kier molecular flexibility index (Phi) is 7.32. The number of carboxylic acid groups (broad SMARTS) is 1. The molecule has 0 aliphatic carbocycles. The van der Waals surface area contributed by atoms with Crippen molar-refractivity contribution in [3.8, 4) is 5.88 Å². The lowest BCUT2D eigenvalue weighted by Gasteiger charge is -2.19. The van der Waals surface area contributed by atoms with Crippen LogP contribution in [0.25, 0.3) is 0 Å². The van der Waals surface area contributed by atoms with Gasteiger partial charge in [0.05, 0.1) is 19.0 Å². The van der Waals surface area contributed by atoms with Crippen LogP contribution in [0.15, 0.2) is 42.6 Å². The largest absolute Gasteiger partial charge is 0.481 e. The highest BCUT2D eigenvalue weighted by atomic mass is 16.5. The van der Waals surface area contributed by atoms with Gasteiger partial charge in [0, 0.05) is 12.5 Å². The van der Waals surface area contributed by atoms with Gasteiger partial charge in [0.1, 0.15) is 5.56 Å². The number of nitrogens with one attached hydrogen (secondary N) is 2. The molecule has 1 aromatic heterocycles. The van der Waals surface area contributed by atoms with Crippen molar-refractivity contribution < 1.29 is 24.2 Å². The van der Waals surface area contributed by atoms with Crippen molar-refractivity contribution >= 4 is 23.6 Å². The van der Waals surface area contributed by atoms with Crippen LogP contribution in [-0.4, -0.2) is 41.1 Å². The third kappa shape index (κ3) is 6.27. The summed E-state index contributed by atoms with van der Waals surface area (Å²) >= 11 is 0. The monoisotopic (exact) mass is 386 g/mol. The lowest BCUT2D eigenvalue weighted by molar-refractivity contribution is -0.137. The first-order chi connectivity index (χ1) is 13.4. The number of carbonyl (C=O) groups excluding carboxylic acids is 2. The van der Waals surface area contributed by atoms with E-state index in [9.17, 15) is 14.4 Å². The van der Waals surface area contributed by atoms with Crippen molar-refractivity contribution in [1.82, 2.24) is 10.3 Å². The highest BCUT2D eigenvalue weighted by Crippen LogP contribution is 2.18. The molecule has 3 amide bonds. The highest BCUT2D eigenvalue weighted by molar-refractivity contribution is 5.97. The molecule has 9 heteroatoms. The Morgan fingerprint density at radius 2 is 1.96 bits per heavy atom. The Balaban J connectivity index is 2.06. The number of ether oxygens (including phenoxy) is 1. The first-order valence-electron chi connectivity index (χ1n) is 8.56. The number of benzene rings is 1. The fourth-order valence-electron chi connectivity index (χ4n) is 2.63. The standard InChI is InChI=1S/C19H22N4O5/c1-28-18-15(17(20)26)10-14(11-21-18)23-19(27)22-13(7-8-16(24)25)9-12-5-3-2-4-6-12/h2-6,10-11,13H,7-9H2,1H3,(H2,20,26)(H,24,25)(H2,22,23,27). The Morgan fingerprint density at radius 1 is 1.25 bits per heavy atom. The minimum absolute atomic E-state index is 0.0343. The summed E-state index contributed by atoms with van der Waals surface area (Å²) in [6, 6.07) is 9.85. The molecule has 0 aliphatic rings. The number of nitrogens with zero attached hydrogens (tertiary/aromatic N) is 1. The van der Waals surface area contributed by atoms with Gasteiger partial charge >= 0.3 is 12.0 Å². The van der Waals surface area contributed by atoms with E-state index in [2.05, 4.69) is 15.6 Å². The van der Waals surface area contributed by atoms with Crippen molar-refractivity contribution in [2.45, 2.75) is 25.3 Å². The summed E-state index contributed by atoms with van der Waals surface area (Å²) in [6.07, 6.45) is 2.00. The fourth-order valence-corrected chi connectivity index (χ4v) is 2.63. The Morgan fingerprint density at radius 3 is 2.57 bits per heavy atom. The molecule has 0 fully saturated rings. The molecule has 1 unspecified atom stereocenters. The smallest absolute Gasteiger partial charge is 0.319 e. The van der Waals surface area contributed by atoms with Gasteiger partial charge in [-0.25, -0.2) is 9.78 Å². The second-order valence-corrected chi connectivity index (χ2v) is 6.06. The molecular weight excluding hydrogens is 364 g/mol. The maximum Gasteiger partial charge on any atom is 0.319 e. The van der Waals surface area contributed by atoms with Crippen LogP contribution >= 0.6 is 0 Å². The second-order valence-electron chi connectivity index (χ2n) is 6.06. The van der Waals surface area contributed by atoms with Crippen LogP contribution in [0.2, 0.25) is 0 Å². The molecule has 0 aliphatic heterocycles. The SMILES string of the molecule is COc1ncc(NC(=O)NC(CCC(=O)O)Cc2ccccc2)cc1C(N)=O. The van der Waals surface area contributed by atoms with Crippen LogP contribution in [0.5, 0.6) is 5.88 Å². The van der Waals surface area contributed by atoms with E-state index in [0.717, 1.165) is 5.56 Å². The van der Waals surface area contributed by atoms with Gasteiger partial charge in [-0.15, -0.1) is 0 Å². The number of aromatic nitrogens is 1. The molecule has 1 heterocycles. The van der Waals surface area contributed by atoms with Crippen LogP contribution in [0.4, 0.5) is 10.5 Å². The van der Waals surface area contributed by atoms with Crippen molar-refractivity contribution in [1.29, 1.82) is 0 Å². The molecule has 1 atom stereocenters. The Bertz CT molecular complexity index is 841. The van der Waals surface area contributed by atoms with Gasteiger partial charge in [-0.05, 0) is 24.5 Å². The van der Waals surface area contributed by atoms with Gasteiger partial charge in [0.25, 0.3) is 5.91 Å². The van der Waals surface area contributed by atoms with Gasteiger partial charge in [0.2, 0.25) is 5.88 Å². The van der Waals surface area contributed by atoms with Crippen molar-refractivity contribution in [3.05, 3.63) is 53.7 Å². The second kappa shape index (κ2) is 9.91. The minimum atomic E-state index is -0.939.